The Labute approximate surface area is 145 Å². The number of fused-ring (bicyclic) bond motifs is 1. The summed E-state index contributed by atoms with van der Waals surface area (Å²) in [6.45, 7) is 0.479. The van der Waals surface area contributed by atoms with Crippen LogP contribution in [-0.2, 0) is 6.54 Å². The monoisotopic (exact) mass is 340 g/mol. The van der Waals surface area contributed by atoms with Crippen molar-refractivity contribution in [3.63, 3.8) is 0 Å². The summed E-state index contributed by atoms with van der Waals surface area (Å²) in [5, 5.41) is 3.94. The van der Waals surface area contributed by atoms with E-state index in [4.69, 9.17) is 19.9 Å². The fraction of sp³-hybridized carbons (Fsp3) is 0.222. The van der Waals surface area contributed by atoms with Crippen molar-refractivity contribution >= 4 is 22.7 Å². The first-order valence-corrected chi connectivity index (χ1v) is 7.71. The normalized spacial score (nSPS) is 10.5. The fourth-order valence-corrected chi connectivity index (χ4v) is 2.57. The molecule has 130 valence electrons. The van der Waals surface area contributed by atoms with Gasteiger partial charge in [-0.05, 0) is 24.3 Å². The minimum absolute atomic E-state index is 0.396. The summed E-state index contributed by atoms with van der Waals surface area (Å²) in [7, 11) is 4.84. The molecule has 0 fully saturated rings. The van der Waals surface area contributed by atoms with E-state index in [0.29, 0.717) is 29.6 Å². The molecule has 0 aliphatic carbocycles. The lowest BCUT2D eigenvalue weighted by molar-refractivity contribution is 0.391. The number of nitrogens with one attached hydrogen (secondary N) is 1. The van der Waals surface area contributed by atoms with E-state index in [2.05, 4.69) is 15.3 Å². The third kappa shape index (κ3) is 3.35. The van der Waals surface area contributed by atoms with Gasteiger partial charge in [-0.25, -0.2) is 4.98 Å². The molecule has 25 heavy (non-hydrogen) atoms. The van der Waals surface area contributed by atoms with Gasteiger partial charge < -0.3 is 25.3 Å². The van der Waals surface area contributed by atoms with Crippen molar-refractivity contribution in [2.75, 3.05) is 32.4 Å². The molecule has 0 radical (unpaired) electrons. The van der Waals surface area contributed by atoms with E-state index in [1.807, 2.05) is 36.4 Å². The number of methoxy groups -OCH3 is 3. The maximum atomic E-state index is 6.06. The molecule has 0 unspecified atom stereocenters. The summed E-state index contributed by atoms with van der Waals surface area (Å²) < 4.78 is 16.0. The number of anilines is 2. The van der Waals surface area contributed by atoms with Gasteiger partial charge in [0.15, 0.2) is 0 Å². The minimum atomic E-state index is 0.396. The number of hydrogen-bond acceptors (Lipinski definition) is 7. The highest BCUT2D eigenvalue weighted by molar-refractivity contribution is 5.93. The van der Waals surface area contributed by atoms with Crippen molar-refractivity contribution < 1.29 is 14.2 Å². The van der Waals surface area contributed by atoms with Gasteiger partial charge >= 0.3 is 0 Å². The zero-order valence-corrected chi connectivity index (χ0v) is 14.4. The first-order chi connectivity index (χ1) is 12.2. The molecular weight excluding hydrogens is 320 g/mol. The molecule has 3 N–H and O–H groups in total. The lowest BCUT2D eigenvalue weighted by Crippen LogP contribution is -2.07. The second-order valence-corrected chi connectivity index (χ2v) is 5.32. The average molecular weight is 340 g/mol. The Balaban J connectivity index is 1.89. The molecule has 7 heteroatoms. The van der Waals surface area contributed by atoms with E-state index < -0.39 is 0 Å². The van der Waals surface area contributed by atoms with E-state index in [1.54, 1.807) is 21.3 Å². The maximum absolute atomic E-state index is 6.06. The molecular formula is C18H20N4O3. The van der Waals surface area contributed by atoms with Crippen LogP contribution < -0.4 is 25.3 Å². The number of aromatic nitrogens is 2. The lowest BCUT2D eigenvalue weighted by Gasteiger charge is -2.12. The molecule has 0 aliphatic heterocycles. The number of nitrogens with zero attached hydrogens (tertiary/aromatic N) is 2. The van der Waals surface area contributed by atoms with Crippen LogP contribution in [0.1, 0.15) is 5.56 Å². The Morgan fingerprint density at radius 2 is 1.76 bits per heavy atom. The van der Waals surface area contributed by atoms with Crippen LogP contribution in [-0.4, -0.2) is 31.3 Å². The highest BCUT2D eigenvalue weighted by Crippen LogP contribution is 2.29. The van der Waals surface area contributed by atoms with Crippen LogP contribution in [0, 0.1) is 0 Å². The molecule has 0 bridgehead atoms. The van der Waals surface area contributed by atoms with Crippen molar-refractivity contribution in [2.45, 2.75) is 6.54 Å². The Morgan fingerprint density at radius 1 is 0.960 bits per heavy atom. The number of para-hydroxylation sites is 1. The highest BCUT2D eigenvalue weighted by Gasteiger charge is 2.11. The van der Waals surface area contributed by atoms with Crippen LogP contribution >= 0.6 is 0 Å². The summed E-state index contributed by atoms with van der Waals surface area (Å²) in [6, 6.07) is 11.2. The molecule has 2 aromatic carbocycles. The van der Waals surface area contributed by atoms with Crippen LogP contribution in [0.15, 0.2) is 36.4 Å². The van der Waals surface area contributed by atoms with Gasteiger partial charge in [-0.2, -0.15) is 4.98 Å². The van der Waals surface area contributed by atoms with Gasteiger partial charge in [-0.15, -0.1) is 0 Å². The van der Waals surface area contributed by atoms with Crippen molar-refractivity contribution in [2.24, 2.45) is 0 Å². The van der Waals surface area contributed by atoms with Gasteiger partial charge in [-0.3, -0.25) is 0 Å². The molecule has 7 nitrogen and oxygen atoms in total. The molecule has 0 spiro atoms. The number of nitrogen functional groups attached to an aromatic ring is 1. The summed E-state index contributed by atoms with van der Waals surface area (Å²) in [5.41, 5.74) is 7.67. The largest absolute Gasteiger partial charge is 0.497 e. The van der Waals surface area contributed by atoms with Gasteiger partial charge in [0.25, 0.3) is 0 Å². The number of nitrogens with two attached hydrogens (primary N) is 1. The average Bonchev–Trinajstić information content (AvgIpc) is 2.65. The predicted molar refractivity (Wildman–Crippen MR) is 97.4 cm³/mol. The zero-order valence-electron chi connectivity index (χ0n) is 14.4. The van der Waals surface area contributed by atoms with Gasteiger partial charge in [0.05, 0.1) is 21.3 Å². The fourth-order valence-electron chi connectivity index (χ4n) is 2.57. The van der Waals surface area contributed by atoms with Crippen LogP contribution in [0.2, 0.25) is 0 Å². The van der Waals surface area contributed by atoms with Crippen LogP contribution in [0.5, 0.6) is 17.2 Å². The number of hydrogen-bond donors (Lipinski definition) is 2. The third-order valence-corrected chi connectivity index (χ3v) is 3.87. The van der Waals surface area contributed by atoms with Crippen molar-refractivity contribution in [3.05, 3.63) is 42.0 Å². The van der Waals surface area contributed by atoms with E-state index in [0.717, 1.165) is 22.4 Å². The molecule has 1 aromatic heterocycles. The van der Waals surface area contributed by atoms with Crippen LogP contribution in [0.3, 0.4) is 0 Å². The topological polar surface area (TPSA) is 91.5 Å². The van der Waals surface area contributed by atoms with E-state index in [1.165, 1.54) is 0 Å². The van der Waals surface area contributed by atoms with Crippen LogP contribution in [0.4, 0.5) is 11.8 Å². The van der Waals surface area contributed by atoms with E-state index in [9.17, 15) is 0 Å². The predicted octanol–water partition coefficient (Wildman–Crippen LogP) is 2.85. The Kier molecular flexibility index (Phi) is 4.74. The molecule has 3 rings (SSSR count). The molecule has 3 aromatic rings. The Hall–Kier alpha value is -3.22. The summed E-state index contributed by atoms with van der Waals surface area (Å²) >= 11 is 0. The minimum Gasteiger partial charge on any atom is -0.497 e. The number of rotatable bonds is 6. The first kappa shape index (κ1) is 16.6. The van der Waals surface area contributed by atoms with Gasteiger partial charge in [0.1, 0.15) is 28.6 Å². The maximum Gasteiger partial charge on any atom is 0.225 e. The molecule has 0 amide bonds. The third-order valence-electron chi connectivity index (χ3n) is 3.87. The number of benzene rings is 2. The quantitative estimate of drug-likeness (QED) is 0.713. The molecule has 0 saturated heterocycles. The Bertz CT molecular complexity index is 899. The second-order valence-electron chi connectivity index (χ2n) is 5.32. The van der Waals surface area contributed by atoms with Crippen molar-refractivity contribution in [1.29, 1.82) is 0 Å². The summed E-state index contributed by atoms with van der Waals surface area (Å²) in [5.74, 6) is 2.92. The van der Waals surface area contributed by atoms with Gasteiger partial charge in [-0.1, -0.05) is 6.07 Å². The van der Waals surface area contributed by atoms with Crippen molar-refractivity contribution in [3.8, 4) is 17.2 Å². The Morgan fingerprint density at radius 3 is 2.48 bits per heavy atom. The van der Waals surface area contributed by atoms with Crippen molar-refractivity contribution in [1.82, 2.24) is 9.97 Å². The van der Waals surface area contributed by atoms with Crippen LogP contribution in [0.25, 0.3) is 10.9 Å². The molecule has 0 aliphatic rings. The lowest BCUT2D eigenvalue weighted by atomic mass is 10.2. The zero-order chi connectivity index (χ0) is 17.8. The number of ether oxygens (including phenoxy) is 3. The van der Waals surface area contributed by atoms with Gasteiger partial charge in [0.2, 0.25) is 5.95 Å². The van der Waals surface area contributed by atoms with E-state index in [-0.39, 0.29) is 0 Å². The van der Waals surface area contributed by atoms with E-state index >= 15 is 0 Å². The summed E-state index contributed by atoms with van der Waals surface area (Å²) in [6.07, 6.45) is 0. The SMILES string of the molecule is COc1ccc(CNc2nc(N)c3cccc(OC)c3n2)c(OC)c1. The smallest absolute Gasteiger partial charge is 0.225 e. The van der Waals surface area contributed by atoms with Gasteiger partial charge in [0, 0.05) is 23.6 Å². The molecule has 1 heterocycles. The molecule has 0 saturated carbocycles. The standard InChI is InChI=1S/C18H20N4O3/c1-23-12-8-7-11(15(9-12)25-3)10-20-18-21-16-13(17(19)22-18)5-4-6-14(16)24-2/h4-9H,10H2,1-3H3,(H3,19,20,21,22). The highest BCUT2D eigenvalue weighted by atomic mass is 16.5. The summed E-state index contributed by atoms with van der Waals surface area (Å²) in [4.78, 5) is 8.83. The first-order valence-electron chi connectivity index (χ1n) is 7.71. The molecule has 0 atom stereocenters. The second kappa shape index (κ2) is 7.12.